The summed E-state index contributed by atoms with van der Waals surface area (Å²) >= 11 is 0. The number of rotatable bonds is 5. The lowest BCUT2D eigenvalue weighted by molar-refractivity contribution is -0.144. The maximum atomic E-state index is 11.4. The molecule has 0 saturated carbocycles. The van der Waals surface area contributed by atoms with E-state index in [0.717, 1.165) is 0 Å². The van der Waals surface area contributed by atoms with Crippen LogP contribution < -0.4 is 14.8 Å². The number of benzene rings is 1. The number of nitrogens with one attached hydrogen (secondary N) is 1. The maximum absolute atomic E-state index is 11.4. The van der Waals surface area contributed by atoms with Gasteiger partial charge in [0.25, 0.3) is 0 Å². The Morgan fingerprint density at radius 2 is 2.00 bits per heavy atom. The molecule has 1 atom stereocenters. The minimum atomic E-state index is -1.22. The van der Waals surface area contributed by atoms with E-state index in [1.54, 1.807) is 32.2 Å². The van der Waals surface area contributed by atoms with E-state index in [1.807, 2.05) is 0 Å². The van der Waals surface area contributed by atoms with Crippen LogP contribution in [0.1, 0.15) is 12.5 Å². The fraction of sp³-hybridized carbons (Fsp3) is 0.417. The first-order valence-corrected chi connectivity index (χ1v) is 5.14. The number of hydrogen-bond donors (Lipinski definition) is 2. The Balaban J connectivity index is 3.39. The van der Waals surface area contributed by atoms with E-state index < -0.39 is 11.5 Å². The van der Waals surface area contributed by atoms with Gasteiger partial charge in [0.1, 0.15) is 17.0 Å². The highest BCUT2D eigenvalue weighted by Crippen LogP contribution is 2.33. The summed E-state index contributed by atoms with van der Waals surface area (Å²) in [5, 5.41) is 12.1. The van der Waals surface area contributed by atoms with Crippen LogP contribution in [0.4, 0.5) is 0 Å². The quantitative estimate of drug-likeness (QED) is 0.808. The van der Waals surface area contributed by atoms with Crippen molar-refractivity contribution in [3.8, 4) is 11.5 Å². The fourth-order valence-electron chi connectivity index (χ4n) is 1.56. The van der Waals surface area contributed by atoms with Crippen LogP contribution in [0.2, 0.25) is 0 Å². The number of methoxy groups -OCH3 is 2. The second-order valence-corrected chi connectivity index (χ2v) is 3.75. The van der Waals surface area contributed by atoms with Crippen molar-refractivity contribution in [2.75, 3.05) is 21.3 Å². The van der Waals surface area contributed by atoms with Crippen LogP contribution >= 0.6 is 0 Å². The molecule has 1 aromatic rings. The molecule has 0 aromatic heterocycles. The molecule has 2 N–H and O–H groups in total. The van der Waals surface area contributed by atoms with E-state index in [1.165, 1.54) is 14.2 Å². The lowest BCUT2D eigenvalue weighted by atomic mass is 9.91. The number of hydrogen-bond acceptors (Lipinski definition) is 4. The third kappa shape index (κ3) is 2.34. The molecule has 1 unspecified atom stereocenters. The van der Waals surface area contributed by atoms with Gasteiger partial charge in [-0.25, -0.2) is 4.79 Å². The van der Waals surface area contributed by atoms with Gasteiger partial charge in [0.15, 0.2) is 0 Å². The highest BCUT2D eigenvalue weighted by Gasteiger charge is 2.36. The van der Waals surface area contributed by atoms with Gasteiger partial charge in [0.05, 0.1) is 14.2 Å². The zero-order valence-corrected chi connectivity index (χ0v) is 10.4. The lowest BCUT2D eigenvalue weighted by Crippen LogP contribution is -2.44. The van der Waals surface area contributed by atoms with Gasteiger partial charge in [-0.05, 0) is 32.2 Å². The maximum Gasteiger partial charge on any atom is 0.328 e. The summed E-state index contributed by atoms with van der Waals surface area (Å²) in [6.07, 6.45) is 0. The van der Waals surface area contributed by atoms with Crippen LogP contribution in [0.3, 0.4) is 0 Å². The third-order valence-electron chi connectivity index (χ3n) is 2.87. The first kappa shape index (κ1) is 13.3. The van der Waals surface area contributed by atoms with Gasteiger partial charge >= 0.3 is 5.97 Å². The average molecular weight is 239 g/mol. The number of ether oxygens (including phenoxy) is 2. The number of aliphatic carboxylic acids is 1. The molecule has 5 nitrogen and oxygen atoms in total. The Hall–Kier alpha value is -1.75. The minimum Gasteiger partial charge on any atom is -0.497 e. The van der Waals surface area contributed by atoms with Gasteiger partial charge < -0.3 is 19.9 Å². The summed E-state index contributed by atoms with van der Waals surface area (Å²) in [6.45, 7) is 1.58. The topological polar surface area (TPSA) is 67.8 Å². The van der Waals surface area contributed by atoms with Crippen molar-refractivity contribution in [2.24, 2.45) is 0 Å². The number of likely N-dealkylation sites (N-methyl/N-ethyl adjacent to an activating group) is 1. The number of carboxylic acid groups (broad SMARTS) is 1. The fourth-order valence-corrected chi connectivity index (χ4v) is 1.56. The molecule has 0 saturated heterocycles. The van der Waals surface area contributed by atoms with Crippen molar-refractivity contribution in [3.63, 3.8) is 0 Å². The lowest BCUT2D eigenvalue weighted by Gasteiger charge is -2.26. The normalized spacial score (nSPS) is 13.9. The van der Waals surface area contributed by atoms with Gasteiger partial charge in [-0.3, -0.25) is 0 Å². The molecular formula is C12H17NO4. The Bertz CT molecular complexity index is 419. The molecule has 0 radical (unpaired) electrons. The standard InChI is InChI=1S/C12H17NO4/c1-12(13-2,11(14)15)9-7-8(16-3)5-6-10(9)17-4/h5-7,13H,1-4H3,(H,14,15). The summed E-state index contributed by atoms with van der Waals surface area (Å²) < 4.78 is 10.3. The van der Waals surface area contributed by atoms with Crippen LogP contribution in [-0.2, 0) is 10.3 Å². The Morgan fingerprint density at radius 1 is 1.35 bits per heavy atom. The highest BCUT2D eigenvalue weighted by molar-refractivity contribution is 5.81. The number of carboxylic acids is 1. The third-order valence-corrected chi connectivity index (χ3v) is 2.87. The summed E-state index contributed by atoms with van der Waals surface area (Å²) in [7, 11) is 4.62. The van der Waals surface area contributed by atoms with E-state index in [-0.39, 0.29) is 0 Å². The van der Waals surface area contributed by atoms with Crippen molar-refractivity contribution in [3.05, 3.63) is 23.8 Å². The highest BCUT2D eigenvalue weighted by atomic mass is 16.5. The molecule has 1 aromatic carbocycles. The van der Waals surface area contributed by atoms with Crippen molar-refractivity contribution in [1.82, 2.24) is 5.32 Å². The molecule has 0 amide bonds. The summed E-state index contributed by atoms with van der Waals surface area (Å²) in [5.41, 5.74) is -0.700. The van der Waals surface area contributed by atoms with Gasteiger partial charge in [-0.1, -0.05) is 0 Å². The van der Waals surface area contributed by atoms with Crippen molar-refractivity contribution >= 4 is 5.97 Å². The molecule has 5 heteroatoms. The minimum absolute atomic E-state index is 0.505. The van der Waals surface area contributed by atoms with Crippen LogP contribution in [0, 0.1) is 0 Å². The van der Waals surface area contributed by atoms with E-state index in [0.29, 0.717) is 17.1 Å². The smallest absolute Gasteiger partial charge is 0.328 e. The number of carbonyl (C=O) groups is 1. The van der Waals surface area contributed by atoms with Crippen LogP contribution in [-0.4, -0.2) is 32.3 Å². The molecule has 17 heavy (non-hydrogen) atoms. The monoisotopic (exact) mass is 239 g/mol. The Morgan fingerprint density at radius 3 is 2.41 bits per heavy atom. The molecule has 94 valence electrons. The average Bonchev–Trinajstić information content (AvgIpc) is 2.36. The predicted octanol–water partition coefficient (Wildman–Crippen LogP) is 1.22. The zero-order chi connectivity index (χ0) is 13.1. The Labute approximate surface area is 100 Å². The first-order valence-electron chi connectivity index (χ1n) is 5.14. The van der Waals surface area contributed by atoms with E-state index >= 15 is 0 Å². The van der Waals surface area contributed by atoms with Crippen LogP contribution in [0.25, 0.3) is 0 Å². The predicted molar refractivity (Wildman–Crippen MR) is 63.6 cm³/mol. The van der Waals surface area contributed by atoms with Gasteiger partial charge in [0, 0.05) is 5.56 Å². The molecular weight excluding hydrogens is 222 g/mol. The van der Waals surface area contributed by atoms with Crippen molar-refractivity contribution in [2.45, 2.75) is 12.5 Å². The molecule has 0 bridgehead atoms. The van der Waals surface area contributed by atoms with E-state index in [4.69, 9.17) is 9.47 Å². The van der Waals surface area contributed by atoms with Gasteiger partial charge in [-0.15, -0.1) is 0 Å². The molecule has 1 rings (SSSR count). The van der Waals surface area contributed by atoms with Crippen molar-refractivity contribution < 1.29 is 19.4 Å². The van der Waals surface area contributed by atoms with Crippen molar-refractivity contribution in [1.29, 1.82) is 0 Å². The summed E-state index contributed by atoms with van der Waals surface area (Å²) in [6, 6.07) is 5.07. The Kier molecular flexibility index (Phi) is 3.96. The summed E-state index contributed by atoms with van der Waals surface area (Å²) in [4.78, 5) is 11.4. The molecule has 0 aliphatic carbocycles. The molecule has 0 heterocycles. The molecule has 0 aliphatic rings. The van der Waals surface area contributed by atoms with Gasteiger partial charge in [-0.2, -0.15) is 0 Å². The largest absolute Gasteiger partial charge is 0.497 e. The molecule has 0 spiro atoms. The molecule has 0 aliphatic heterocycles. The SMILES string of the molecule is CNC(C)(C(=O)O)c1cc(OC)ccc1OC. The zero-order valence-electron chi connectivity index (χ0n) is 10.4. The molecule has 0 fully saturated rings. The van der Waals surface area contributed by atoms with Crippen LogP contribution in [0.5, 0.6) is 11.5 Å². The van der Waals surface area contributed by atoms with Crippen LogP contribution in [0.15, 0.2) is 18.2 Å². The second kappa shape index (κ2) is 5.05. The summed E-state index contributed by atoms with van der Waals surface area (Å²) in [5.74, 6) is 0.111. The van der Waals surface area contributed by atoms with E-state index in [9.17, 15) is 9.90 Å². The van der Waals surface area contributed by atoms with Gasteiger partial charge in [0.2, 0.25) is 0 Å². The second-order valence-electron chi connectivity index (χ2n) is 3.75. The first-order chi connectivity index (χ1) is 7.99. The van der Waals surface area contributed by atoms with E-state index in [2.05, 4.69) is 5.32 Å².